The van der Waals surface area contributed by atoms with E-state index >= 15 is 0 Å². The highest BCUT2D eigenvalue weighted by molar-refractivity contribution is 5.95. The summed E-state index contributed by atoms with van der Waals surface area (Å²) in [5.41, 5.74) is -0.950. The van der Waals surface area contributed by atoms with Crippen LogP contribution in [0.5, 0.6) is 0 Å². The molecule has 0 bridgehead atoms. The van der Waals surface area contributed by atoms with Crippen LogP contribution in [0.1, 0.15) is 32.6 Å². The van der Waals surface area contributed by atoms with E-state index in [2.05, 4.69) is 5.32 Å². The number of halogens is 2. The van der Waals surface area contributed by atoms with Crippen LogP contribution in [0.15, 0.2) is 0 Å². The molecular weight excluding hydrogens is 260 g/mol. The SMILES string of the molecule is C[C@]1(C(=O)[C@H](C[C@H]2CCC(F)(F)C2)NC(=O)O)CO1. The molecular formula is C12H17F2NO4. The zero-order valence-corrected chi connectivity index (χ0v) is 10.6. The van der Waals surface area contributed by atoms with Crippen molar-refractivity contribution in [2.75, 3.05) is 6.61 Å². The van der Waals surface area contributed by atoms with Crippen LogP contribution in [0.2, 0.25) is 0 Å². The predicted molar refractivity (Wildman–Crippen MR) is 61.2 cm³/mol. The molecule has 3 atom stereocenters. The lowest BCUT2D eigenvalue weighted by atomic mass is 9.91. The zero-order valence-electron chi connectivity index (χ0n) is 10.6. The Kier molecular flexibility index (Phi) is 3.51. The summed E-state index contributed by atoms with van der Waals surface area (Å²) in [7, 11) is 0. The molecule has 0 aromatic carbocycles. The number of carboxylic acid groups (broad SMARTS) is 1. The minimum atomic E-state index is -2.69. The molecule has 0 aromatic heterocycles. The van der Waals surface area contributed by atoms with Crippen LogP contribution in [-0.4, -0.2) is 41.2 Å². The summed E-state index contributed by atoms with van der Waals surface area (Å²) in [4.78, 5) is 22.8. The number of carbonyl (C=O) groups is 2. The molecule has 0 aromatic rings. The first-order chi connectivity index (χ1) is 8.72. The van der Waals surface area contributed by atoms with Crippen molar-refractivity contribution in [3.8, 4) is 0 Å². The first-order valence-corrected chi connectivity index (χ1v) is 6.27. The first-order valence-electron chi connectivity index (χ1n) is 6.27. The molecule has 1 saturated heterocycles. The number of epoxide rings is 1. The van der Waals surface area contributed by atoms with E-state index < -0.39 is 23.7 Å². The molecule has 0 radical (unpaired) electrons. The summed E-state index contributed by atoms with van der Waals surface area (Å²) in [6.45, 7) is 1.83. The Hall–Kier alpha value is -1.24. The number of alkyl halides is 2. The highest BCUT2D eigenvalue weighted by Gasteiger charge is 2.51. The fourth-order valence-corrected chi connectivity index (χ4v) is 2.58. The summed E-state index contributed by atoms with van der Waals surface area (Å²) in [6, 6.07) is -0.969. The number of amides is 1. The third kappa shape index (κ3) is 3.40. The van der Waals surface area contributed by atoms with Gasteiger partial charge in [-0.15, -0.1) is 0 Å². The minimum absolute atomic E-state index is 0.111. The maximum Gasteiger partial charge on any atom is 0.405 e. The average Bonchev–Trinajstić information content (AvgIpc) is 2.94. The van der Waals surface area contributed by atoms with Gasteiger partial charge in [0.1, 0.15) is 5.60 Å². The fourth-order valence-electron chi connectivity index (χ4n) is 2.58. The second kappa shape index (κ2) is 4.70. The normalized spacial score (nSPS) is 33.7. The van der Waals surface area contributed by atoms with Crippen molar-refractivity contribution in [2.45, 2.75) is 50.2 Å². The van der Waals surface area contributed by atoms with Crippen molar-refractivity contribution in [2.24, 2.45) is 5.92 Å². The van der Waals surface area contributed by atoms with Crippen LogP contribution < -0.4 is 5.32 Å². The minimum Gasteiger partial charge on any atom is -0.465 e. The summed E-state index contributed by atoms with van der Waals surface area (Å²) < 4.78 is 31.2. The summed E-state index contributed by atoms with van der Waals surface area (Å²) in [6.07, 6.45) is -1.38. The Labute approximate surface area is 109 Å². The summed E-state index contributed by atoms with van der Waals surface area (Å²) >= 11 is 0. The number of carbonyl (C=O) groups excluding carboxylic acids is 1. The van der Waals surface area contributed by atoms with Gasteiger partial charge in [-0.1, -0.05) is 0 Å². The first kappa shape index (κ1) is 14.2. The lowest BCUT2D eigenvalue weighted by Gasteiger charge is -2.21. The van der Waals surface area contributed by atoms with Gasteiger partial charge in [-0.05, 0) is 25.7 Å². The molecule has 2 N–H and O–H groups in total. The van der Waals surface area contributed by atoms with Gasteiger partial charge in [-0.25, -0.2) is 13.6 Å². The molecule has 1 aliphatic heterocycles. The van der Waals surface area contributed by atoms with E-state index in [-0.39, 0.29) is 37.6 Å². The van der Waals surface area contributed by atoms with Gasteiger partial charge >= 0.3 is 6.09 Å². The van der Waals surface area contributed by atoms with E-state index in [1.807, 2.05) is 0 Å². The molecule has 0 spiro atoms. The van der Waals surface area contributed by atoms with E-state index in [0.29, 0.717) is 6.42 Å². The van der Waals surface area contributed by atoms with Crippen LogP contribution in [0, 0.1) is 5.92 Å². The van der Waals surface area contributed by atoms with Gasteiger partial charge in [-0.3, -0.25) is 4.79 Å². The maximum atomic E-state index is 13.1. The molecule has 7 heteroatoms. The van der Waals surface area contributed by atoms with Crippen molar-refractivity contribution in [3.63, 3.8) is 0 Å². The van der Waals surface area contributed by atoms with Crippen LogP contribution in [0.4, 0.5) is 13.6 Å². The van der Waals surface area contributed by atoms with Gasteiger partial charge < -0.3 is 15.2 Å². The third-order valence-electron chi connectivity index (χ3n) is 3.79. The van der Waals surface area contributed by atoms with E-state index in [1.165, 1.54) is 0 Å². The van der Waals surface area contributed by atoms with Gasteiger partial charge in [0.2, 0.25) is 5.92 Å². The molecule has 5 nitrogen and oxygen atoms in total. The predicted octanol–water partition coefficient (Wildman–Crippen LogP) is 1.81. The maximum absolute atomic E-state index is 13.1. The number of nitrogens with one attached hydrogen (secondary N) is 1. The molecule has 0 unspecified atom stereocenters. The van der Waals surface area contributed by atoms with Gasteiger partial charge in [0, 0.05) is 12.8 Å². The van der Waals surface area contributed by atoms with Crippen LogP contribution in [-0.2, 0) is 9.53 Å². The number of ketones is 1. The topological polar surface area (TPSA) is 78.9 Å². The van der Waals surface area contributed by atoms with Crippen LogP contribution >= 0.6 is 0 Å². The molecule has 1 saturated carbocycles. The number of hydrogen-bond acceptors (Lipinski definition) is 3. The molecule has 2 rings (SSSR count). The van der Waals surface area contributed by atoms with Gasteiger partial charge in [0.25, 0.3) is 0 Å². The van der Waals surface area contributed by atoms with Gasteiger partial charge in [0.15, 0.2) is 5.78 Å². The fraction of sp³-hybridized carbons (Fsp3) is 0.833. The quantitative estimate of drug-likeness (QED) is 0.751. The monoisotopic (exact) mass is 277 g/mol. The molecule has 2 fully saturated rings. The van der Waals surface area contributed by atoms with Crippen LogP contribution in [0.25, 0.3) is 0 Å². The second-order valence-corrected chi connectivity index (χ2v) is 5.59. The Balaban J connectivity index is 1.98. The highest BCUT2D eigenvalue weighted by Crippen LogP contribution is 2.41. The lowest BCUT2D eigenvalue weighted by molar-refractivity contribution is -0.126. The van der Waals surface area contributed by atoms with Crippen molar-refractivity contribution in [3.05, 3.63) is 0 Å². The molecule has 1 amide bonds. The summed E-state index contributed by atoms with van der Waals surface area (Å²) in [5.74, 6) is -3.40. The summed E-state index contributed by atoms with van der Waals surface area (Å²) in [5, 5.41) is 10.9. The molecule has 2 aliphatic rings. The number of Topliss-reactive ketones (excluding diaryl/α,β-unsaturated/α-hetero) is 1. The van der Waals surface area contributed by atoms with Crippen molar-refractivity contribution in [1.82, 2.24) is 5.32 Å². The van der Waals surface area contributed by atoms with Gasteiger partial charge in [0.05, 0.1) is 12.6 Å². The number of ether oxygens (including phenoxy) is 1. The van der Waals surface area contributed by atoms with E-state index in [4.69, 9.17) is 9.84 Å². The standard InChI is InChI=1S/C12H17F2NO4/c1-11(6-19-11)9(16)8(15-10(17)18)4-7-2-3-12(13,14)5-7/h7-8,15H,2-6H2,1H3,(H,17,18)/t7-,8+,11-/m1/s1. The smallest absolute Gasteiger partial charge is 0.405 e. The largest absolute Gasteiger partial charge is 0.465 e. The Morgan fingerprint density at radius 3 is 2.58 bits per heavy atom. The van der Waals surface area contributed by atoms with E-state index in [0.717, 1.165) is 0 Å². The number of hydrogen-bond donors (Lipinski definition) is 2. The Morgan fingerprint density at radius 2 is 2.16 bits per heavy atom. The molecule has 1 aliphatic carbocycles. The van der Waals surface area contributed by atoms with Crippen molar-refractivity contribution in [1.29, 1.82) is 0 Å². The number of rotatable bonds is 5. The molecule has 19 heavy (non-hydrogen) atoms. The van der Waals surface area contributed by atoms with E-state index in [1.54, 1.807) is 6.92 Å². The zero-order chi connectivity index (χ0) is 14.3. The molecule has 1 heterocycles. The second-order valence-electron chi connectivity index (χ2n) is 5.59. The highest BCUT2D eigenvalue weighted by atomic mass is 19.3. The van der Waals surface area contributed by atoms with Crippen molar-refractivity contribution >= 4 is 11.9 Å². The van der Waals surface area contributed by atoms with Crippen molar-refractivity contribution < 1.29 is 28.2 Å². The Bertz CT molecular complexity index is 395. The third-order valence-corrected chi connectivity index (χ3v) is 3.79. The van der Waals surface area contributed by atoms with Crippen LogP contribution in [0.3, 0.4) is 0 Å². The van der Waals surface area contributed by atoms with Gasteiger partial charge in [-0.2, -0.15) is 0 Å². The average molecular weight is 277 g/mol. The lowest BCUT2D eigenvalue weighted by Crippen LogP contribution is -2.46. The molecule has 108 valence electrons. The Morgan fingerprint density at radius 1 is 1.53 bits per heavy atom. The van der Waals surface area contributed by atoms with E-state index in [9.17, 15) is 18.4 Å².